The molecule has 57 valence electrons. The summed E-state index contributed by atoms with van der Waals surface area (Å²) in [5.74, 6) is 0. The van der Waals surface area contributed by atoms with Gasteiger partial charge in [0.25, 0.3) is 0 Å². The molecule has 4 nitrogen and oxygen atoms in total. The van der Waals surface area contributed by atoms with Crippen molar-refractivity contribution in [1.82, 2.24) is 4.72 Å². The van der Waals surface area contributed by atoms with Crippen molar-refractivity contribution in [2.75, 3.05) is 6.26 Å². The van der Waals surface area contributed by atoms with Gasteiger partial charge in [-0.25, -0.2) is 8.42 Å². The Labute approximate surface area is 67.8 Å². The molecule has 0 spiro atoms. The van der Waals surface area contributed by atoms with Crippen LogP contribution < -0.4 is 4.72 Å². The number of amides is 1. The van der Waals surface area contributed by atoms with Gasteiger partial charge in [-0.05, 0) is 0 Å². The van der Waals surface area contributed by atoms with E-state index in [0.29, 0.717) is 0 Å². The molecule has 0 heterocycles. The van der Waals surface area contributed by atoms with Crippen LogP contribution in [0.2, 0.25) is 0 Å². The average Bonchev–Trinajstić information content (AvgIpc) is 1.30. The Morgan fingerprint density at radius 1 is 1.44 bits per heavy atom. The van der Waals surface area contributed by atoms with Gasteiger partial charge in [-0.3, -0.25) is 0 Å². The van der Waals surface area contributed by atoms with Gasteiger partial charge in [-0.2, -0.15) is 6.41 Å². The summed E-state index contributed by atoms with van der Waals surface area (Å²) >= 11 is 0. The van der Waals surface area contributed by atoms with E-state index in [1.165, 1.54) is 4.72 Å². The van der Waals surface area contributed by atoms with Gasteiger partial charge in [-0.1, -0.05) is 0 Å². The monoisotopic (exact) mass is 240 g/mol. The van der Waals surface area contributed by atoms with E-state index in [9.17, 15) is 13.2 Å². The zero-order valence-electron chi connectivity index (χ0n) is 4.97. The third-order valence-corrected chi connectivity index (χ3v) is 0.681. The molecular formula is C3H7NO3RhS. The van der Waals surface area contributed by atoms with Gasteiger partial charge < -0.3 is 16.9 Å². The van der Waals surface area contributed by atoms with Crippen LogP contribution in [-0.2, 0) is 34.3 Å². The van der Waals surface area contributed by atoms with Gasteiger partial charge >= 0.3 is 19.5 Å². The summed E-state index contributed by atoms with van der Waals surface area (Å²) in [5.41, 5.74) is 0. The molecule has 0 unspecified atom stereocenters. The molecule has 6 heteroatoms. The second-order valence-electron chi connectivity index (χ2n) is 0.976. The summed E-state index contributed by atoms with van der Waals surface area (Å²) in [6.45, 7) is 0. The van der Waals surface area contributed by atoms with E-state index in [1.54, 1.807) is 0 Å². The Morgan fingerprint density at radius 3 is 1.78 bits per heavy atom. The van der Waals surface area contributed by atoms with Crippen LogP contribution in [0.1, 0.15) is 0 Å². The Kier molecular flexibility index (Phi) is 11.0. The van der Waals surface area contributed by atoms with Crippen LogP contribution in [0, 0.1) is 7.43 Å². The Morgan fingerprint density at radius 2 is 1.78 bits per heavy atom. The number of nitrogens with one attached hydrogen (secondary N) is 1. The van der Waals surface area contributed by atoms with Crippen molar-refractivity contribution in [3.63, 3.8) is 0 Å². The SMILES string of the molecule is CS(=O)(=O)N[C-]=O.[CH3-].[Rh+2]. The molecule has 0 bridgehead atoms. The molecule has 0 saturated carbocycles. The number of hydrogen-bond donors (Lipinski definition) is 1. The van der Waals surface area contributed by atoms with Crippen LogP contribution in [-0.4, -0.2) is 21.1 Å². The van der Waals surface area contributed by atoms with E-state index in [0.717, 1.165) is 12.7 Å². The van der Waals surface area contributed by atoms with Gasteiger partial charge in [-0.15, -0.1) is 0 Å². The summed E-state index contributed by atoms with van der Waals surface area (Å²) in [4.78, 5) is 9.21. The molecule has 1 amide bonds. The number of hydrogen-bond acceptors (Lipinski definition) is 3. The average molecular weight is 240 g/mol. The molecule has 0 atom stereocenters. The maximum atomic E-state index is 9.86. The van der Waals surface area contributed by atoms with E-state index in [1.807, 2.05) is 0 Å². The first kappa shape index (κ1) is 16.0. The first-order valence-electron chi connectivity index (χ1n) is 1.40. The fraction of sp³-hybridized carbons (Fsp3) is 0.333. The summed E-state index contributed by atoms with van der Waals surface area (Å²) in [7, 11) is -3.35. The molecule has 0 aliphatic rings. The van der Waals surface area contributed by atoms with E-state index in [-0.39, 0.29) is 26.9 Å². The standard InChI is InChI=1S/C2H4NO3S.CH3.Rh/c1-7(5,6)3-2-4;;/h1H3,(H,3,4);1H3;/q2*-1;+2. The molecule has 0 saturated heterocycles. The van der Waals surface area contributed by atoms with Crippen molar-refractivity contribution in [3.8, 4) is 0 Å². The largest absolute Gasteiger partial charge is 2.00 e. The van der Waals surface area contributed by atoms with E-state index in [2.05, 4.69) is 0 Å². The molecule has 0 aromatic heterocycles. The smallest absolute Gasteiger partial charge is 0.519 e. The number of rotatable bonds is 2. The van der Waals surface area contributed by atoms with Crippen LogP contribution in [0.15, 0.2) is 0 Å². The second-order valence-corrected chi connectivity index (χ2v) is 2.72. The molecular weight excluding hydrogens is 233 g/mol. The van der Waals surface area contributed by atoms with Crippen molar-refractivity contribution >= 4 is 16.4 Å². The van der Waals surface area contributed by atoms with Crippen LogP contribution in [0.5, 0.6) is 0 Å². The zero-order valence-corrected chi connectivity index (χ0v) is 7.42. The van der Waals surface area contributed by atoms with Crippen LogP contribution in [0.25, 0.3) is 0 Å². The number of carbonyl (C=O) groups excluding carboxylic acids is 1. The Bertz CT molecular complexity index is 152. The predicted octanol–water partition coefficient (Wildman–Crippen LogP) is -0.949. The van der Waals surface area contributed by atoms with Crippen molar-refractivity contribution in [1.29, 1.82) is 0 Å². The van der Waals surface area contributed by atoms with Crippen LogP contribution >= 0.6 is 0 Å². The minimum Gasteiger partial charge on any atom is -0.519 e. The summed E-state index contributed by atoms with van der Waals surface area (Å²) < 4.78 is 21.2. The van der Waals surface area contributed by atoms with Gasteiger partial charge in [0.15, 0.2) is 0 Å². The van der Waals surface area contributed by atoms with Gasteiger partial charge in [0.1, 0.15) is 0 Å². The molecule has 1 N–H and O–H groups in total. The van der Waals surface area contributed by atoms with Gasteiger partial charge in [0.05, 0.1) is 6.26 Å². The summed E-state index contributed by atoms with van der Waals surface area (Å²) in [6, 6.07) is 0. The fourth-order valence-electron chi connectivity index (χ4n) is 0.0757. The number of sulfonamides is 1. The molecule has 1 radical (unpaired) electrons. The molecule has 9 heavy (non-hydrogen) atoms. The van der Waals surface area contributed by atoms with E-state index in [4.69, 9.17) is 0 Å². The summed E-state index contributed by atoms with van der Waals surface area (Å²) in [5, 5.41) is 0. The van der Waals surface area contributed by atoms with E-state index < -0.39 is 10.0 Å². The molecule has 0 rings (SSSR count). The van der Waals surface area contributed by atoms with Crippen molar-refractivity contribution in [3.05, 3.63) is 7.43 Å². The van der Waals surface area contributed by atoms with E-state index >= 15 is 0 Å². The zero-order chi connectivity index (χ0) is 5.91. The molecule has 0 aliphatic carbocycles. The maximum Gasteiger partial charge on any atom is 2.00 e. The van der Waals surface area contributed by atoms with Crippen molar-refractivity contribution in [2.24, 2.45) is 0 Å². The molecule has 0 aromatic carbocycles. The second kappa shape index (κ2) is 6.17. The topological polar surface area (TPSA) is 63.2 Å². The predicted molar refractivity (Wildman–Crippen MR) is 30.1 cm³/mol. The molecule has 0 aliphatic heterocycles. The maximum absolute atomic E-state index is 9.86. The van der Waals surface area contributed by atoms with Crippen molar-refractivity contribution < 1.29 is 32.7 Å². The first-order chi connectivity index (χ1) is 3.06. The minimum absolute atomic E-state index is 0. The van der Waals surface area contributed by atoms with Crippen LogP contribution in [0.4, 0.5) is 0 Å². The quantitative estimate of drug-likeness (QED) is 0.384. The van der Waals surface area contributed by atoms with Crippen LogP contribution in [0.3, 0.4) is 0 Å². The Hall–Kier alpha value is 0.0434. The fourth-order valence-corrected chi connectivity index (χ4v) is 0.227. The third kappa shape index (κ3) is 18.0. The minimum atomic E-state index is -3.35. The first-order valence-corrected chi connectivity index (χ1v) is 3.29. The third-order valence-electron chi connectivity index (χ3n) is 0.227. The van der Waals surface area contributed by atoms with Gasteiger partial charge in [0.2, 0.25) is 10.0 Å². The summed E-state index contributed by atoms with van der Waals surface area (Å²) in [6.07, 6.45) is 1.89. The van der Waals surface area contributed by atoms with Gasteiger partial charge in [0, 0.05) is 0 Å². The normalized spacial score (nSPS) is 8.11. The molecule has 0 aromatic rings. The van der Waals surface area contributed by atoms with Crippen molar-refractivity contribution in [2.45, 2.75) is 0 Å². The molecule has 0 fully saturated rings. The Balaban J connectivity index is -0.000000180.